The molecule has 2 unspecified atom stereocenters. The number of hydrogen-bond donors (Lipinski definition) is 0. The molecular weight excluding hydrogens is 303 g/mol. The van der Waals surface area contributed by atoms with Crippen LogP contribution in [0.5, 0.6) is 0 Å². The van der Waals surface area contributed by atoms with Crippen molar-refractivity contribution in [2.75, 3.05) is 19.6 Å². The van der Waals surface area contributed by atoms with Gasteiger partial charge in [0.15, 0.2) is 0 Å². The van der Waals surface area contributed by atoms with Crippen molar-refractivity contribution >= 4 is 5.91 Å². The zero-order valence-corrected chi connectivity index (χ0v) is 14.7. The molecule has 2 fully saturated rings. The third kappa shape index (κ3) is 4.15. The summed E-state index contributed by atoms with van der Waals surface area (Å²) in [6.07, 6.45) is 7.76. The van der Waals surface area contributed by atoms with Gasteiger partial charge in [-0.15, -0.1) is 0 Å². The Balaban J connectivity index is 1.61. The molecule has 1 aliphatic heterocycles. The van der Waals surface area contributed by atoms with E-state index in [1.165, 1.54) is 50.7 Å². The van der Waals surface area contributed by atoms with Gasteiger partial charge in [-0.1, -0.05) is 25.0 Å². The van der Waals surface area contributed by atoms with Crippen molar-refractivity contribution in [3.05, 3.63) is 35.6 Å². The molecule has 0 N–H and O–H groups in total. The van der Waals surface area contributed by atoms with E-state index < -0.39 is 0 Å². The van der Waals surface area contributed by atoms with Crippen molar-refractivity contribution < 1.29 is 9.18 Å². The third-order valence-corrected chi connectivity index (χ3v) is 5.69. The Morgan fingerprint density at radius 3 is 2.83 bits per heavy atom. The number of likely N-dealkylation sites (N-methyl/N-ethyl adjacent to an activating group) is 1. The van der Waals surface area contributed by atoms with Crippen LogP contribution in [0, 0.1) is 11.7 Å². The number of carbonyl (C=O) groups excluding carboxylic acids is 1. The van der Waals surface area contributed by atoms with Crippen molar-refractivity contribution in [2.45, 2.75) is 58.0 Å². The Morgan fingerprint density at radius 1 is 1.25 bits per heavy atom. The molecule has 3 nitrogen and oxygen atoms in total. The number of benzene rings is 1. The van der Waals surface area contributed by atoms with Crippen LogP contribution in [0.25, 0.3) is 0 Å². The topological polar surface area (TPSA) is 23.6 Å². The maximum Gasteiger partial charge on any atom is 0.237 e. The van der Waals surface area contributed by atoms with Crippen LogP contribution < -0.4 is 0 Å². The quantitative estimate of drug-likeness (QED) is 0.818. The largest absolute Gasteiger partial charge is 0.338 e. The SMILES string of the molecule is CCN(Cc1cccc(F)c1)C(=O)CN1CCCC2CCCCC21. The van der Waals surface area contributed by atoms with Crippen molar-refractivity contribution in [2.24, 2.45) is 5.92 Å². The fourth-order valence-electron chi connectivity index (χ4n) is 4.43. The Labute approximate surface area is 144 Å². The maximum atomic E-state index is 13.4. The van der Waals surface area contributed by atoms with E-state index >= 15 is 0 Å². The molecule has 1 aliphatic carbocycles. The van der Waals surface area contributed by atoms with Gasteiger partial charge in [0.1, 0.15) is 5.82 Å². The summed E-state index contributed by atoms with van der Waals surface area (Å²) in [5, 5.41) is 0. The van der Waals surface area contributed by atoms with E-state index in [1.807, 2.05) is 17.9 Å². The number of piperidine rings is 1. The van der Waals surface area contributed by atoms with Crippen LogP contribution in [0.3, 0.4) is 0 Å². The van der Waals surface area contributed by atoms with Crippen LogP contribution in [0.2, 0.25) is 0 Å². The molecule has 3 rings (SSSR count). The number of carbonyl (C=O) groups is 1. The van der Waals surface area contributed by atoms with Gasteiger partial charge < -0.3 is 4.90 Å². The minimum absolute atomic E-state index is 0.174. The highest BCUT2D eigenvalue weighted by atomic mass is 19.1. The summed E-state index contributed by atoms with van der Waals surface area (Å²) in [5.74, 6) is 0.726. The van der Waals surface area contributed by atoms with Gasteiger partial charge in [0, 0.05) is 19.1 Å². The summed E-state index contributed by atoms with van der Waals surface area (Å²) in [6.45, 7) is 4.72. The molecule has 1 amide bonds. The van der Waals surface area contributed by atoms with E-state index in [-0.39, 0.29) is 11.7 Å². The van der Waals surface area contributed by atoms with Gasteiger partial charge in [-0.3, -0.25) is 9.69 Å². The first-order chi connectivity index (χ1) is 11.7. The van der Waals surface area contributed by atoms with E-state index in [9.17, 15) is 9.18 Å². The standard InChI is InChI=1S/C20H29FN2O/c1-2-22(14-16-7-5-10-18(21)13-16)20(24)15-23-12-6-9-17-8-3-4-11-19(17)23/h5,7,10,13,17,19H,2-4,6,8-9,11-12,14-15H2,1H3. The molecule has 24 heavy (non-hydrogen) atoms. The van der Waals surface area contributed by atoms with Crippen LogP contribution in [-0.4, -0.2) is 41.4 Å². The number of halogens is 1. The lowest BCUT2D eigenvalue weighted by atomic mass is 9.78. The van der Waals surface area contributed by atoms with Gasteiger partial charge in [-0.25, -0.2) is 4.39 Å². The number of rotatable bonds is 5. The fraction of sp³-hybridized carbons (Fsp3) is 0.650. The zero-order chi connectivity index (χ0) is 16.9. The maximum absolute atomic E-state index is 13.4. The fourth-order valence-corrected chi connectivity index (χ4v) is 4.43. The molecule has 2 atom stereocenters. The summed E-state index contributed by atoms with van der Waals surface area (Å²) in [5.41, 5.74) is 0.861. The van der Waals surface area contributed by atoms with Crippen molar-refractivity contribution in [1.29, 1.82) is 0 Å². The molecule has 1 aromatic rings. The summed E-state index contributed by atoms with van der Waals surface area (Å²) < 4.78 is 13.4. The first-order valence-electron chi connectivity index (χ1n) is 9.43. The van der Waals surface area contributed by atoms with Crippen LogP contribution >= 0.6 is 0 Å². The van der Waals surface area contributed by atoms with Gasteiger partial charge >= 0.3 is 0 Å². The lowest BCUT2D eigenvalue weighted by Gasteiger charge is -2.44. The number of amides is 1. The summed E-state index contributed by atoms with van der Waals surface area (Å²) in [4.78, 5) is 17.1. The molecule has 4 heteroatoms. The van der Waals surface area contributed by atoms with Crippen molar-refractivity contribution in [3.8, 4) is 0 Å². The number of hydrogen-bond acceptors (Lipinski definition) is 2. The summed E-state index contributed by atoms with van der Waals surface area (Å²) in [7, 11) is 0. The van der Waals surface area contributed by atoms with E-state index in [1.54, 1.807) is 6.07 Å². The van der Waals surface area contributed by atoms with Crippen LogP contribution in [0.15, 0.2) is 24.3 Å². The van der Waals surface area contributed by atoms with Gasteiger partial charge in [0.2, 0.25) is 5.91 Å². The van der Waals surface area contributed by atoms with E-state index in [0.29, 0.717) is 25.7 Å². The van der Waals surface area contributed by atoms with Gasteiger partial charge in [-0.2, -0.15) is 0 Å². The normalized spacial score (nSPS) is 24.4. The molecule has 1 heterocycles. The van der Waals surface area contributed by atoms with Crippen LogP contribution in [0.4, 0.5) is 4.39 Å². The molecule has 2 aliphatic rings. The predicted octanol–water partition coefficient (Wildman–Crippen LogP) is 3.83. The summed E-state index contributed by atoms with van der Waals surface area (Å²) in [6, 6.07) is 7.16. The lowest BCUT2D eigenvalue weighted by Crippen LogP contribution is -2.51. The first kappa shape index (κ1) is 17.4. The second-order valence-corrected chi connectivity index (χ2v) is 7.26. The van der Waals surface area contributed by atoms with Crippen molar-refractivity contribution in [1.82, 2.24) is 9.80 Å². The third-order valence-electron chi connectivity index (χ3n) is 5.69. The minimum Gasteiger partial charge on any atom is -0.338 e. The first-order valence-corrected chi connectivity index (χ1v) is 9.43. The molecule has 1 aromatic carbocycles. The molecule has 0 spiro atoms. The van der Waals surface area contributed by atoms with Crippen LogP contribution in [-0.2, 0) is 11.3 Å². The lowest BCUT2D eigenvalue weighted by molar-refractivity contribution is -0.134. The molecular formula is C20H29FN2O. The van der Waals surface area contributed by atoms with E-state index in [4.69, 9.17) is 0 Å². The summed E-state index contributed by atoms with van der Waals surface area (Å²) >= 11 is 0. The van der Waals surface area contributed by atoms with Crippen molar-refractivity contribution in [3.63, 3.8) is 0 Å². The number of likely N-dealkylation sites (tertiary alicyclic amines) is 1. The Kier molecular flexibility index (Phi) is 5.88. The molecule has 1 saturated carbocycles. The second kappa shape index (κ2) is 8.11. The van der Waals surface area contributed by atoms with E-state index in [0.717, 1.165) is 18.0 Å². The van der Waals surface area contributed by atoms with Crippen LogP contribution in [0.1, 0.15) is 51.0 Å². The highest BCUT2D eigenvalue weighted by Gasteiger charge is 2.34. The minimum atomic E-state index is -0.239. The van der Waals surface area contributed by atoms with Gasteiger partial charge in [0.05, 0.1) is 6.54 Å². The average Bonchev–Trinajstić information content (AvgIpc) is 2.60. The van der Waals surface area contributed by atoms with E-state index in [2.05, 4.69) is 4.90 Å². The Morgan fingerprint density at radius 2 is 2.04 bits per heavy atom. The number of fused-ring (bicyclic) bond motifs is 1. The second-order valence-electron chi connectivity index (χ2n) is 7.26. The molecule has 0 aromatic heterocycles. The highest BCUT2D eigenvalue weighted by molar-refractivity contribution is 5.78. The Hall–Kier alpha value is -1.42. The highest BCUT2D eigenvalue weighted by Crippen LogP contribution is 2.35. The van der Waals surface area contributed by atoms with Gasteiger partial charge in [-0.05, 0) is 62.8 Å². The molecule has 132 valence electrons. The molecule has 0 bridgehead atoms. The van der Waals surface area contributed by atoms with Gasteiger partial charge in [0.25, 0.3) is 0 Å². The zero-order valence-electron chi connectivity index (χ0n) is 14.7. The molecule has 1 saturated heterocycles. The molecule has 0 radical (unpaired) electrons. The monoisotopic (exact) mass is 332 g/mol. The Bertz CT molecular complexity index is 560. The predicted molar refractivity (Wildman–Crippen MR) is 94.0 cm³/mol. The average molecular weight is 332 g/mol. The number of nitrogens with zero attached hydrogens (tertiary/aromatic N) is 2. The smallest absolute Gasteiger partial charge is 0.237 e.